The van der Waals surface area contributed by atoms with Gasteiger partial charge in [0.1, 0.15) is 18.8 Å². The van der Waals surface area contributed by atoms with Crippen LogP contribution >= 0.6 is 0 Å². The van der Waals surface area contributed by atoms with Gasteiger partial charge in [0.2, 0.25) is 0 Å². The minimum Gasteiger partial charge on any atom is -0.507 e. The summed E-state index contributed by atoms with van der Waals surface area (Å²) in [5, 5.41) is 11.0. The molecule has 0 radical (unpaired) electrons. The standard InChI is InChI=1S/C23H25N3O4/c1-16-4-6-17(7-5-16)21(27)19-20(18-3-2-8-24-15-18)26(23(29)22(19)28)10-9-25-11-13-30-14-12-25/h2-8,15,20,27H,9-14H2,1H3/p+2. The summed E-state index contributed by atoms with van der Waals surface area (Å²) in [5.74, 6) is -1.34. The molecule has 3 heterocycles. The number of rotatable bonds is 5. The Kier molecular flexibility index (Phi) is 5.92. The van der Waals surface area contributed by atoms with Crippen LogP contribution in [0.5, 0.6) is 0 Å². The number of aliphatic hydroxyl groups excluding tert-OH is 1. The SMILES string of the molecule is Cc1ccc(C(O)=C2C(=O)C(=O)N(CC[NH+]3CCOCC3)C2c2ccc[nH+]c2)cc1. The van der Waals surface area contributed by atoms with E-state index in [4.69, 9.17) is 4.74 Å². The zero-order valence-corrected chi connectivity index (χ0v) is 17.1. The van der Waals surface area contributed by atoms with Crippen molar-refractivity contribution in [2.24, 2.45) is 0 Å². The molecule has 1 amide bonds. The third-order valence-corrected chi connectivity index (χ3v) is 5.82. The van der Waals surface area contributed by atoms with Gasteiger partial charge in [0.05, 0.1) is 37.9 Å². The fourth-order valence-corrected chi connectivity index (χ4v) is 4.09. The van der Waals surface area contributed by atoms with Crippen molar-refractivity contribution in [3.05, 3.63) is 71.1 Å². The van der Waals surface area contributed by atoms with Gasteiger partial charge in [-0.15, -0.1) is 0 Å². The van der Waals surface area contributed by atoms with Crippen molar-refractivity contribution in [3.8, 4) is 0 Å². The smallest absolute Gasteiger partial charge is 0.295 e. The molecule has 1 unspecified atom stereocenters. The van der Waals surface area contributed by atoms with Crippen LogP contribution in [-0.4, -0.2) is 61.1 Å². The third kappa shape index (κ3) is 3.99. The molecule has 2 fully saturated rings. The van der Waals surface area contributed by atoms with Crippen LogP contribution in [0.4, 0.5) is 0 Å². The molecule has 2 aromatic rings. The Labute approximate surface area is 175 Å². The molecule has 0 aliphatic carbocycles. The van der Waals surface area contributed by atoms with Gasteiger partial charge in [-0.3, -0.25) is 9.59 Å². The molecule has 30 heavy (non-hydrogen) atoms. The average molecular weight is 409 g/mol. The maximum absolute atomic E-state index is 13.0. The molecule has 0 spiro atoms. The number of benzene rings is 1. The third-order valence-electron chi connectivity index (χ3n) is 5.82. The quantitative estimate of drug-likeness (QED) is 0.418. The number of carbonyl (C=O) groups is 2. The van der Waals surface area contributed by atoms with Crippen molar-refractivity contribution in [1.82, 2.24) is 4.90 Å². The number of aromatic amines is 1. The number of nitrogens with zero attached hydrogens (tertiary/aromatic N) is 1. The van der Waals surface area contributed by atoms with E-state index in [9.17, 15) is 14.7 Å². The number of amides is 1. The van der Waals surface area contributed by atoms with Crippen LogP contribution in [0.1, 0.15) is 22.7 Å². The summed E-state index contributed by atoms with van der Waals surface area (Å²) in [6.07, 6.45) is 3.54. The first-order valence-electron chi connectivity index (χ1n) is 10.3. The van der Waals surface area contributed by atoms with E-state index in [1.807, 2.05) is 31.2 Å². The molecule has 2 aliphatic heterocycles. The highest BCUT2D eigenvalue weighted by Gasteiger charge is 2.46. The molecule has 4 rings (SSSR count). The number of hydrogen-bond donors (Lipinski definition) is 2. The summed E-state index contributed by atoms with van der Waals surface area (Å²) in [5.41, 5.74) is 2.49. The van der Waals surface area contributed by atoms with Crippen LogP contribution in [0.25, 0.3) is 5.76 Å². The van der Waals surface area contributed by atoms with Crippen LogP contribution in [0.2, 0.25) is 0 Å². The molecule has 1 aromatic carbocycles. The lowest BCUT2D eigenvalue weighted by Crippen LogP contribution is -3.14. The molecule has 2 aliphatic rings. The number of carbonyl (C=O) groups excluding carboxylic acids is 2. The molecule has 156 valence electrons. The van der Waals surface area contributed by atoms with E-state index in [1.54, 1.807) is 29.4 Å². The first-order chi connectivity index (χ1) is 14.6. The molecule has 2 saturated heterocycles. The zero-order valence-electron chi connectivity index (χ0n) is 17.1. The zero-order chi connectivity index (χ0) is 21.1. The van der Waals surface area contributed by atoms with Gasteiger partial charge in [0.15, 0.2) is 12.4 Å². The van der Waals surface area contributed by atoms with Crippen molar-refractivity contribution < 1.29 is 29.3 Å². The Morgan fingerprint density at radius 1 is 1.20 bits per heavy atom. The predicted molar refractivity (Wildman–Crippen MR) is 110 cm³/mol. The second-order valence-electron chi connectivity index (χ2n) is 7.81. The fourth-order valence-electron chi connectivity index (χ4n) is 4.09. The number of aliphatic hydroxyl groups is 1. The number of aryl methyl sites for hydroxylation is 1. The lowest BCUT2D eigenvalue weighted by molar-refractivity contribution is -0.907. The highest BCUT2D eigenvalue weighted by molar-refractivity contribution is 6.46. The maximum atomic E-state index is 13.0. The first kappa shape index (κ1) is 20.3. The second-order valence-corrected chi connectivity index (χ2v) is 7.81. The second kappa shape index (κ2) is 8.77. The number of quaternary nitrogens is 1. The van der Waals surface area contributed by atoms with Gasteiger partial charge < -0.3 is 19.6 Å². The Hall–Kier alpha value is -3.03. The average Bonchev–Trinajstić information content (AvgIpc) is 3.04. The molecular formula is C23H27N3O4+2. The molecule has 3 N–H and O–H groups in total. The number of Topliss-reactive ketones (excluding diaryl/α,β-unsaturated/α-hetero) is 1. The van der Waals surface area contributed by atoms with Crippen molar-refractivity contribution in [1.29, 1.82) is 0 Å². The van der Waals surface area contributed by atoms with Crippen molar-refractivity contribution >= 4 is 17.4 Å². The summed E-state index contributed by atoms with van der Waals surface area (Å²) in [4.78, 5) is 31.9. The first-order valence-corrected chi connectivity index (χ1v) is 10.3. The summed E-state index contributed by atoms with van der Waals surface area (Å²) in [6, 6.07) is 10.4. The van der Waals surface area contributed by atoms with E-state index >= 15 is 0 Å². The van der Waals surface area contributed by atoms with Crippen LogP contribution < -0.4 is 9.88 Å². The lowest BCUT2D eigenvalue weighted by Gasteiger charge is -2.28. The number of ketones is 1. The number of H-pyrrole nitrogens is 1. The largest absolute Gasteiger partial charge is 0.507 e. The van der Waals surface area contributed by atoms with Gasteiger partial charge in [0.25, 0.3) is 11.7 Å². The molecule has 0 saturated carbocycles. The van der Waals surface area contributed by atoms with Gasteiger partial charge in [-0.1, -0.05) is 29.8 Å². The van der Waals surface area contributed by atoms with Crippen molar-refractivity contribution in [2.45, 2.75) is 13.0 Å². The molecule has 7 nitrogen and oxygen atoms in total. The van der Waals surface area contributed by atoms with Gasteiger partial charge in [-0.05, 0) is 13.0 Å². The number of aromatic nitrogens is 1. The van der Waals surface area contributed by atoms with Crippen molar-refractivity contribution in [3.63, 3.8) is 0 Å². The number of hydrogen-bond acceptors (Lipinski definition) is 4. The van der Waals surface area contributed by atoms with E-state index in [0.717, 1.165) is 30.8 Å². The number of likely N-dealkylation sites (tertiary alicyclic amines) is 1. The summed E-state index contributed by atoms with van der Waals surface area (Å²) < 4.78 is 5.41. The number of pyridine rings is 1. The van der Waals surface area contributed by atoms with Crippen LogP contribution in [-0.2, 0) is 14.3 Å². The fraction of sp³-hybridized carbons (Fsp3) is 0.348. The lowest BCUT2D eigenvalue weighted by atomic mass is 9.96. The summed E-state index contributed by atoms with van der Waals surface area (Å²) in [6.45, 7) is 6.31. The molecule has 1 aromatic heterocycles. The Morgan fingerprint density at radius 2 is 1.93 bits per heavy atom. The Morgan fingerprint density at radius 3 is 2.60 bits per heavy atom. The van der Waals surface area contributed by atoms with Crippen molar-refractivity contribution in [2.75, 3.05) is 39.4 Å². The predicted octanol–water partition coefficient (Wildman–Crippen LogP) is 0.146. The Bertz CT molecular complexity index is 950. The normalized spacial score (nSPS) is 21.9. The van der Waals surface area contributed by atoms with E-state index in [-0.39, 0.29) is 11.3 Å². The minimum atomic E-state index is -0.640. The van der Waals surface area contributed by atoms with Gasteiger partial charge in [-0.25, -0.2) is 4.98 Å². The van der Waals surface area contributed by atoms with Gasteiger partial charge in [-0.2, -0.15) is 0 Å². The van der Waals surface area contributed by atoms with Crippen LogP contribution in [0.15, 0.2) is 54.4 Å². The summed E-state index contributed by atoms with van der Waals surface area (Å²) >= 11 is 0. The van der Waals surface area contributed by atoms with Gasteiger partial charge in [0, 0.05) is 17.2 Å². The summed E-state index contributed by atoms with van der Waals surface area (Å²) in [7, 11) is 0. The van der Waals surface area contributed by atoms with Crippen LogP contribution in [0.3, 0.4) is 0 Å². The Balaban J connectivity index is 1.71. The molecular weight excluding hydrogens is 382 g/mol. The monoisotopic (exact) mass is 409 g/mol. The van der Waals surface area contributed by atoms with E-state index in [1.165, 1.54) is 4.90 Å². The highest BCUT2D eigenvalue weighted by Crippen LogP contribution is 2.38. The van der Waals surface area contributed by atoms with Crippen LogP contribution in [0, 0.1) is 6.92 Å². The topological polar surface area (TPSA) is 85.4 Å². The maximum Gasteiger partial charge on any atom is 0.295 e. The highest BCUT2D eigenvalue weighted by atomic mass is 16.5. The number of morpholine rings is 1. The van der Waals surface area contributed by atoms with Gasteiger partial charge >= 0.3 is 0 Å². The molecule has 7 heteroatoms. The minimum absolute atomic E-state index is 0.136. The van der Waals surface area contributed by atoms with E-state index in [0.29, 0.717) is 25.3 Å². The molecule has 1 atom stereocenters. The van der Waals surface area contributed by atoms with E-state index < -0.39 is 17.7 Å². The van der Waals surface area contributed by atoms with E-state index in [2.05, 4.69) is 4.98 Å². The number of ether oxygens (including phenoxy) is 1. The number of nitrogens with one attached hydrogen (secondary N) is 2. The molecule has 0 bridgehead atoms.